The fraction of sp³-hybridized carbons (Fsp3) is 1.00. The van der Waals surface area contributed by atoms with Crippen LogP contribution >= 0.6 is 0 Å². The molecule has 0 fully saturated rings. The summed E-state index contributed by atoms with van der Waals surface area (Å²) in [6.45, 7) is 6.94. The highest BCUT2D eigenvalue weighted by atomic mass is 14.4. The highest BCUT2D eigenvalue weighted by molar-refractivity contribution is 6.35. The van der Waals surface area contributed by atoms with Gasteiger partial charge < -0.3 is 5.64 Å². The van der Waals surface area contributed by atoms with E-state index in [1.54, 1.807) is 0 Å². The first-order valence-corrected chi connectivity index (χ1v) is 7.88. The molecule has 1 nitrogen and oxygen atoms in total. The smallest absolute Gasteiger partial charge is 0.204 e. The standard InChI is InChI=1S/C15H34BN/c1-4-6-8-10-12-14-15(3,16-17)13-11-9-7-5-2/h16H,4-14,17H2,1-3H3. The summed E-state index contributed by atoms with van der Waals surface area (Å²) in [5.41, 5.74) is 5.96. The Kier molecular flexibility index (Phi) is 11.2. The van der Waals surface area contributed by atoms with E-state index in [2.05, 4.69) is 20.8 Å². The maximum atomic E-state index is 5.96. The van der Waals surface area contributed by atoms with E-state index in [9.17, 15) is 0 Å². The van der Waals surface area contributed by atoms with Gasteiger partial charge in [-0.05, 0) is 5.31 Å². The van der Waals surface area contributed by atoms with Crippen LogP contribution in [0.5, 0.6) is 0 Å². The van der Waals surface area contributed by atoms with E-state index in [1.807, 2.05) is 0 Å². The SMILES string of the molecule is CCCCCCCC(C)(BN)CCCCCC. The first kappa shape index (κ1) is 17.0. The summed E-state index contributed by atoms with van der Waals surface area (Å²) in [5.74, 6) is 0. The average Bonchev–Trinajstić information content (AvgIpc) is 2.34. The summed E-state index contributed by atoms with van der Waals surface area (Å²) in [7, 11) is 0.868. The van der Waals surface area contributed by atoms with E-state index in [0.717, 1.165) is 7.41 Å². The summed E-state index contributed by atoms with van der Waals surface area (Å²) in [4.78, 5) is 0. The van der Waals surface area contributed by atoms with Crippen molar-refractivity contribution in [2.24, 2.45) is 5.64 Å². The molecule has 0 aromatic rings. The first-order chi connectivity index (χ1) is 8.18. The zero-order chi connectivity index (χ0) is 13.0. The molecule has 0 spiro atoms. The van der Waals surface area contributed by atoms with Crippen LogP contribution in [0.15, 0.2) is 0 Å². The molecule has 0 saturated carbocycles. The van der Waals surface area contributed by atoms with Crippen LogP contribution in [0.3, 0.4) is 0 Å². The minimum absolute atomic E-state index is 0.417. The largest absolute Gasteiger partial charge is 0.372 e. The summed E-state index contributed by atoms with van der Waals surface area (Å²) in [6.07, 6.45) is 15.1. The molecule has 0 aliphatic heterocycles. The molecule has 0 aromatic heterocycles. The van der Waals surface area contributed by atoms with Gasteiger partial charge in [0, 0.05) is 0 Å². The second kappa shape index (κ2) is 11.1. The van der Waals surface area contributed by atoms with Gasteiger partial charge in [-0.3, -0.25) is 0 Å². The molecule has 17 heavy (non-hydrogen) atoms. The van der Waals surface area contributed by atoms with Crippen molar-refractivity contribution < 1.29 is 0 Å². The minimum Gasteiger partial charge on any atom is -0.372 e. The van der Waals surface area contributed by atoms with Gasteiger partial charge in [-0.25, -0.2) is 0 Å². The van der Waals surface area contributed by atoms with E-state index >= 15 is 0 Å². The Balaban J connectivity index is 3.61. The van der Waals surface area contributed by atoms with Crippen LogP contribution in [0.4, 0.5) is 0 Å². The Hall–Kier alpha value is 0.0249. The molecular weight excluding hydrogens is 205 g/mol. The van der Waals surface area contributed by atoms with Crippen LogP contribution < -0.4 is 5.64 Å². The van der Waals surface area contributed by atoms with Crippen molar-refractivity contribution in [3.05, 3.63) is 0 Å². The zero-order valence-corrected chi connectivity index (χ0v) is 12.6. The second-order valence-electron chi connectivity index (χ2n) is 5.99. The van der Waals surface area contributed by atoms with Crippen LogP contribution in [0, 0.1) is 0 Å². The van der Waals surface area contributed by atoms with Crippen LogP contribution in [-0.2, 0) is 0 Å². The van der Waals surface area contributed by atoms with Crippen molar-refractivity contribution >= 4 is 7.41 Å². The van der Waals surface area contributed by atoms with Gasteiger partial charge in [-0.2, -0.15) is 0 Å². The summed E-state index contributed by atoms with van der Waals surface area (Å²) < 4.78 is 0. The lowest BCUT2D eigenvalue weighted by Crippen LogP contribution is -2.24. The molecule has 0 aliphatic carbocycles. The van der Waals surface area contributed by atoms with Crippen LogP contribution in [0.1, 0.15) is 91.4 Å². The monoisotopic (exact) mass is 239 g/mol. The molecule has 0 rings (SSSR count). The Bertz CT molecular complexity index is 161. The molecular formula is C15H34BN. The van der Waals surface area contributed by atoms with Crippen LogP contribution in [-0.4, -0.2) is 7.41 Å². The lowest BCUT2D eigenvalue weighted by Gasteiger charge is -2.27. The molecule has 0 aromatic carbocycles. The molecule has 0 radical (unpaired) electrons. The molecule has 0 heterocycles. The van der Waals surface area contributed by atoms with Crippen molar-refractivity contribution in [3.63, 3.8) is 0 Å². The Morgan fingerprint density at radius 1 is 0.765 bits per heavy atom. The summed E-state index contributed by atoms with van der Waals surface area (Å²) in [6, 6.07) is 0. The second-order valence-corrected chi connectivity index (χ2v) is 5.99. The van der Waals surface area contributed by atoms with Gasteiger partial charge in [-0.1, -0.05) is 91.4 Å². The Labute approximate surface area is 110 Å². The van der Waals surface area contributed by atoms with Crippen molar-refractivity contribution in [1.82, 2.24) is 0 Å². The van der Waals surface area contributed by atoms with Crippen LogP contribution in [0.25, 0.3) is 0 Å². The normalized spacial score (nSPS) is 14.6. The van der Waals surface area contributed by atoms with E-state index in [-0.39, 0.29) is 0 Å². The van der Waals surface area contributed by atoms with E-state index < -0.39 is 0 Å². The molecule has 0 bridgehead atoms. The van der Waals surface area contributed by atoms with Crippen molar-refractivity contribution in [2.45, 2.75) is 96.7 Å². The molecule has 1 unspecified atom stereocenters. The number of hydrogen-bond acceptors (Lipinski definition) is 1. The number of unbranched alkanes of at least 4 members (excludes halogenated alkanes) is 7. The molecule has 0 aliphatic rings. The molecule has 2 heteroatoms. The maximum Gasteiger partial charge on any atom is 0.204 e. The average molecular weight is 239 g/mol. The fourth-order valence-electron chi connectivity index (χ4n) is 2.46. The first-order valence-electron chi connectivity index (χ1n) is 7.88. The third kappa shape index (κ3) is 9.70. The lowest BCUT2D eigenvalue weighted by atomic mass is 9.57. The lowest BCUT2D eigenvalue weighted by molar-refractivity contribution is 0.448. The predicted molar refractivity (Wildman–Crippen MR) is 81.8 cm³/mol. The summed E-state index contributed by atoms with van der Waals surface area (Å²) in [5, 5.41) is 0.417. The molecule has 1 atom stereocenters. The van der Waals surface area contributed by atoms with Crippen molar-refractivity contribution in [2.75, 3.05) is 0 Å². The van der Waals surface area contributed by atoms with E-state index in [4.69, 9.17) is 5.64 Å². The fourth-order valence-corrected chi connectivity index (χ4v) is 2.46. The van der Waals surface area contributed by atoms with Crippen LogP contribution in [0.2, 0.25) is 5.31 Å². The van der Waals surface area contributed by atoms with Gasteiger partial charge >= 0.3 is 0 Å². The highest BCUT2D eigenvalue weighted by Crippen LogP contribution is 2.36. The van der Waals surface area contributed by atoms with Crippen molar-refractivity contribution in [1.29, 1.82) is 0 Å². The van der Waals surface area contributed by atoms with Gasteiger partial charge in [0.2, 0.25) is 7.41 Å². The summed E-state index contributed by atoms with van der Waals surface area (Å²) >= 11 is 0. The molecule has 2 N–H and O–H groups in total. The molecule has 0 saturated heterocycles. The Morgan fingerprint density at radius 3 is 1.59 bits per heavy atom. The highest BCUT2D eigenvalue weighted by Gasteiger charge is 2.22. The number of hydrogen-bond donors (Lipinski definition) is 1. The quantitative estimate of drug-likeness (QED) is 0.384. The maximum absolute atomic E-state index is 5.96. The third-order valence-electron chi connectivity index (χ3n) is 4.01. The minimum atomic E-state index is 0.417. The van der Waals surface area contributed by atoms with Gasteiger partial charge in [-0.15, -0.1) is 0 Å². The van der Waals surface area contributed by atoms with Gasteiger partial charge in [0.05, 0.1) is 0 Å². The molecule has 0 amide bonds. The topological polar surface area (TPSA) is 26.0 Å². The van der Waals surface area contributed by atoms with Gasteiger partial charge in [0.1, 0.15) is 0 Å². The van der Waals surface area contributed by atoms with Gasteiger partial charge in [0.15, 0.2) is 0 Å². The van der Waals surface area contributed by atoms with Gasteiger partial charge in [0.25, 0.3) is 0 Å². The third-order valence-corrected chi connectivity index (χ3v) is 4.01. The predicted octanol–water partition coefficient (Wildman–Crippen LogP) is 4.81. The van der Waals surface area contributed by atoms with E-state index in [0.29, 0.717) is 5.31 Å². The molecule has 102 valence electrons. The number of rotatable bonds is 12. The number of nitrogens with two attached hydrogens (primary N) is 1. The van der Waals surface area contributed by atoms with E-state index in [1.165, 1.54) is 70.6 Å². The zero-order valence-electron chi connectivity index (χ0n) is 12.6. The Morgan fingerprint density at radius 2 is 1.18 bits per heavy atom. The van der Waals surface area contributed by atoms with Crippen molar-refractivity contribution in [3.8, 4) is 0 Å².